The second kappa shape index (κ2) is 5.36. The van der Waals surface area contributed by atoms with Crippen molar-refractivity contribution in [2.45, 2.75) is 18.9 Å². The Morgan fingerprint density at radius 2 is 2.33 bits per heavy atom. The first-order valence-corrected chi connectivity index (χ1v) is 4.87. The summed E-state index contributed by atoms with van der Waals surface area (Å²) >= 11 is 0. The van der Waals surface area contributed by atoms with E-state index in [0.29, 0.717) is 18.5 Å². The van der Waals surface area contributed by atoms with Gasteiger partial charge in [0, 0.05) is 19.2 Å². The number of hydrogen-bond acceptors (Lipinski definition) is 3. The van der Waals surface area contributed by atoms with Gasteiger partial charge in [-0.1, -0.05) is 12.1 Å². The second-order valence-electron chi connectivity index (χ2n) is 3.40. The van der Waals surface area contributed by atoms with Crippen LogP contribution in [-0.2, 0) is 4.79 Å². The Labute approximate surface area is 89.1 Å². The zero-order valence-electron chi connectivity index (χ0n) is 8.73. The van der Waals surface area contributed by atoms with Gasteiger partial charge in [0.15, 0.2) is 0 Å². The van der Waals surface area contributed by atoms with Crippen LogP contribution in [-0.4, -0.2) is 18.1 Å². The highest BCUT2D eigenvalue weighted by Gasteiger charge is 2.09. The molecule has 4 N–H and O–H groups in total. The number of aliphatic hydroxyl groups excluding tert-OH is 1. The van der Waals surface area contributed by atoms with Gasteiger partial charge in [-0.3, -0.25) is 4.79 Å². The third-order valence-electron chi connectivity index (χ3n) is 2.22. The summed E-state index contributed by atoms with van der Waals surface area (Å²) in [7, 11) is 1.58. The molecule has 1 aromatic carbocycles. The van der Waals surface area contributed by atoms with Gasteiger partial charge in [-0.25, -0.2) is 0 Å². The largest absolute Gasteiger partial charge is 0.399 e. The van der Waals surface area contributed by atoms with Crippen LogP contribution in [0.3, 0.4) is 0 Å². The zero-order chi connectivity index (χ0) is 11.3. The summed E-state index contributed by atoms with van der Waals surface area (Å²) in [6.45, 7) is 0. The van der Waals surface area contributed by atoms with Crippen LogP contribution in [0.5, 0.6) is 0 Å². The highest BCUT2D eigenvalue weighted by molar-refractivity contribution is 5.75. The van der Waals surface area contributed by atoms with Gasteiger partial charge in [-0.2, -0.15) is 0 Å². The van der Waals surface area contributed by atoms with E-state index in [1.54, 1.807) is 31.3 Å². The molecule has 0 aliphatic heterocycles. The normalized spacial score (nSPS) is 12.1. The lowest BCUT2D eigenvalue weighted by Crippen LogP contribution is -2.18. The van der Waals surface area contributed by atoms with E-state index in [9.17, 15) is 9.90 Å². The molecule has 0 aliphatic rings. The first kappa shape index (κ1) is 11.5. The molecule has 0 spiro atoms. The van der Waals surface area contributed by atoms with E-state index in [4.69, 9.17) is 5.73 Å². The zero-order valence-corrected chi connectivity index (χ0v) is 8.73. The molecule has 0 saturated heterocycles. The van der Waals surface area contributed by atoms with Gasteiger partial charge >= 0.3 is 0 Å². The van der Waals surface area contributed by atoms with Crippen molar-refractivity contribution in [1.29, 1.82) is 0 Å². The Hall–Kier alpha value is -1.55. The lowest BCUT2D eigenvalue weighted by Gasteiger charge is -2.10. The standard InChI is InChI=1S/C11H16N2O2/c1-13-11(15)6-5-10(14)8-3-2-4-9(12)7-8/h2-4,7,10,14H,5-6,12H2,1H3,(H,13,15). The van der Waals surface area contributed by atoms with Crippen molar-refractivity contribution >= 4 is 11.6 Å². The first-order valence-electron chi connectivity index (χ1n) is 4.87. The third-order valence-corrected chi connectivity index (χ3v) is 2.22. The summed E-state index contributed by atoms with van der Waals surface area (Å²) in [5.74, 6) is -0.0713. The molecular formula is C11H16N2O2. The van der Waals surface area contributed by atoms with E-state index < -0.39 is 6.10 Å². The number of carbonyl (C=O) groups excluding carboxylic acids is 1. The molecule has 0 aromatic heterocycles. The van der Waals surface area contributed by atoms with Crippen molar-refractivity contribution in [3.05, 3.63) is 29.8 Å². The number of carbonyl (C=O) groups is 1. The lowest BCUT2D eigenvalue weighted by atomic mass is 10.0. The van der Waals surface area contributed by atoms with Crippen molar-refractivity contribution in [2.75, 3.05) is 12.8 Å². The van der Waals surface area contributed by atoms with Crippen LogP contribution in [0.4, 0.5) is 5.69 Å². The molecule has 0 saturated carbocycles. The van der Waals surface area contributed by atoms with Crippen LogP contribution < -0.4 is 11.1 Å². The average Bonchev–Trinajstić information content (AvgIpc) is 2.25. The van der Waals surface area contributed by atoms with E-state index in [-0.39, 0.29) is 5.91 Å². The highest BCUT2D eigenvalue weighted by Crippen LogP contribution is 2.19. The Morgan fingerprint density at radius 3 is 2.93 bits per heavy atom. The van der Waals surface area contributed by atoms with Crippen LogP contribution in [0.2, 0.25) is 0 Å². The Balaban J connectivity index is 2.53. The summed E-state index contributed by atoms with van der Waals surface area (Å²) in [6.07, 6.45) is 0.0843. The van der Waals surface area contributed by atoms with Gasteiger partial charge in [-0.05, 0) is 24.1 Å². The maximum absolute atomic E-state index is 11.0. The van der Waals surface area contributed by atoms with Crippen LogP contribution in [0, 0.1) is 0 Å². The molecule has 0 heterocycles. The predicted molar refractivity (Wildman–Crippen MR) is 59.1 cm³/mol. The number of hydrogen-bond donors (Lipinski definition) is 3. The van der Waals surface area contributed by atoms with Crippen molar-refractivity contribution in [3.8, 4) is 0 Å². The van der Waals surface area contributed by atoms with E-state index in [1.165, 1.54) is 0 Å². The third kappa shape index (κ3) is 3.59. The quantitative estimate of drug-likeness (QED) is 0.641. The number of nitrogens with two attached hydrogens (primary N) is 1. The van der Waals surface area contributed by atoms with Crippen molar-refractivity contribution < 1.29 is 9.90 Å². The molecule has 15 heavy (non-hydrogen) atoms. The smallest absolute Gasteiger partial charge is 0.219 e. The summed E-state index contributed by atoms with van der Waals surface area (Å²) < 4.78 is 0. The number of amides is 1. The molecule has 4 heteroatoms. The maximum atomic E-state index is 11.0. The van der Waals surface area contributed by atoms with E-state index in [0.717, 1.165) is 5.56 Å². The Kier molecular flexibility index (Phi) is 4.12. The highest BCUT2D eigenvalue weighted by atomic mass is 16.3. The number of aliphatic hydroxyl groups is 1. The first-order chi connectivity index (χ1) is 7.13. The number of nitrogens with one attached hydrogen (secondary N) is 1. The number of benzene rings is 1. The van der Waals surface area contributed by atoms with Crippen molar-refractivity contribution in [1.82, 2.24) is 5.32 Å². The SMILES string of the molecule is CNC(=O)CCC(O)c1cccc(N)c1. The molecular weight excluding hydrogens is 192 g/mol. The van der Waals surface area contributed by atoms with E-state index in [1.807, 2.05) is 0 Å². The van der Waals surface area contributed by atoms with Gasteiger partial charge in [0.25, 0.3) is 0 Å². The summed E-state index contributed by atoms with van der Waals surface area (Å²) in [4.78, 5) is 11.0. The molecule has 0 aliphatic carbocycles. The fraction of sp³-hybridized carbons (Fsp3) is 0.364. The minimum absolute atomic E-state index is 0.0713. The lowest BCUT2D eigenvalue weighted by molar-refractivity contribution is -0.121. The van der Waals surface area contributed by atoms with Crippen LogP contribution in [0.15, 0.2) is 24.3 Å². The van der Waals surface area contributed by atoms with Crippen molar-refractivity contribution in [3.63, 3.8) is 0 Å². The number of anilines is 1. The average molecular weight is 208 g/mol. The predicted octanol–water partition coefficient (Wildman–Crippen LogP) is 0.828. The molecule has 1 atom stereocenters. The summed E-state index contributed by atoms with van der Waals surface area (Å²) in [5, 5.41) is 12.3. The molecule has 0 fully saturated rings. The topological polar surface area (TPSA) is 75.3 Å². The fourth-order valence-electron chi connectivity index (χ4n) is 1.33. The maximum Gasteiger partial charge on any atom is 0.219 e. The van der Waals surface area contributed by atoms with E-state index in [2.05, 4.69) is 5.32 Å². The minimum atomic E-state index is -0.634. The summed E-state index contributed by atoms with van der Waals surface area (Å²) in [5.41, 5.74) is 6.95. The molecule has 1 rings (SSSR count). The molecule has 4 nitrogen and oxygen atoms in total. The Morgan fingerprint density at radius 1 is 1.60 bits per heavy atom. The van der Waals surface area contributed by atoms with Gasteiger partial charge in [0.2, 0.25) is 5.91 Å². The molecule has 1 unspecified atom stereocenters. The van der Waals surface area contributed by atoms with E-state index >= 15 is 0 Å². The molecule has 82 valence electrons. The molecule has 1 aromatic rings. The minimum Gasteiger partial charge on any atom is -0.399 e. The van der Waals surface area contributed by atoms with Crippen molar-refractivity contribution in [2.24, 2.45) is 0 Å². The fourth-order valence-corrected chi connectivity index (χ4v) is 1.33. The van der Waals surface area contributed by atoms with Gasteiger partial charge < -0.3 is 16.2 Å². The van der Waals surface area contributed by atoms with Gasteiger partial charge in [0.05, 0.1) is 6.10 Å². The monoisotopic (exact) mass is 208 g/mol. The van der Waals surface area contributed by atoms with Gasteiger partial charge in [0.1, 0.15) is 0 Å². The Bertz CT molecular complexity index is 339. The van der Waals surface area contributed by atoms with Crippen LogP contribution in [0.1, 0.15) is 24.5 Å². The molecule has 0 bridgehead atoms. The van der Waals surface area contributed by atoms with Crippen LogP contribution >= 0.6 is 0 Å². The molecule has 1 amide bonds. The summed E-state index contributed by atoms with van der Waals surface area (Å²) in [6, 6.07) is 7.06. The number of rotatable bonds is 4. The number of nitrogen functional groups attached to an aromatic ring is 1. The van der Waals surface area contributed by atoms with Crippen LogP contribution in [0.25, 0.3) is 0 Å². The molecule has 0 radical (unpaired) electrons. The second-order valence-corrected chi connectivity index (χ2v) is 3.40. The van der Waals surface area contributed by atoms with Gasteiger partial charge in [-0.15, -0.1) is 0 Å².